The predicted molar refractivity (Wildman–Crippen MR) is 88.5 cm³/mol. The summed E-state index contributed by atoms with van der Waals surface area (Å²) >= 11 is 0. The minimum atomic E-state index is -0.402. The molecule has 0 aliphatic heterocycles. The largest absolute Gasteiger partial charge is 0.390 e. The Morgan fingerprint density at radius 1 is 1.14 bits per heavy atom. The first-order valence-electron chi connectivity index (χ1n) is 8.87. The van der Waals surface area contributed by atoms with Crippen LogP contribution in [0.5, 0.6) is 0 Å². The van der Waals surface area contributed by atoms with Gasteiger partial charge in [-0.25, -0.2) is 0 Å². The molecule has 1 aromatic carbocycles. The second-order valence-corrected chi connectivity index (χ2v) is 7.80. The van der Waals surface area contributed by atoms with Crippen molar-refractivity contribution < 1.29 is 5.11 Å². The molecule has 2 aliphatic carbocycles. The molecule has 0 aromatic heterocycles. The first-order chi connectivity index (χ1) is 10.1. The SMILES string of the molecule is CC(C)C1CCC(O)(CC2CCCc3ccccc32)CC1. The van der Waals surface area contributed by atoms with E-state index in [-0.39, 0.29) is 0 Å². The minimum Gasteiger partial charge on any atom is -0.390 e. The average Bonchev–Trinajstić information content (AvgIpc) is 2.48. The highest BCUT2D eigenvalue weighted by Crippen LogP contribution is 2.44. The lowest BCUT2D eigenvalue weighted by molar-refractivity contribution is -0.0284. The number of rotatable bonds is 3. The standard InChI is InChI=1S/C20H30O/c1-15(2)16-10-12-20(21,13-11-16)14-18-8-5-7-17-6-3-4-9-19(17)18/h3-4,6,9,15-16,18,21H,5,7-8,10-14H2,1-2H3. The Hall–Kier alpha value is -0.820. The molecule has 2 aliphatic rings. The minimum absolute atomic E-state index is 0.402. The van der Waals surface area contributed by atoms with Crippen LogP contribution in [0.3, 0.4) is 0 Å². The highest BCUT2D eigenvalue weighted by Gasteiger charge is 2.37. The van der Waals surface area contributed by atoms with Gasteiger partial charge in [-0.05, 0) is 80.2 Å². The molecule has 1 saturated carbocycles. The molecule has 0 radical (unpaired) electrons. The quantitative estimate of drug-likeness (QED) is 0.822. The van der Waals surface area contributed by atoms with Crippen LogP contribution in [0.4, 0.5) is 0 Å². The fourth-order valence-electron chi connectivity index (χ4n) is 4.57. The van der Waals surface area contributed by atoms with Crippen molar-refractivity contribution in [3.63, 3.8) is 0 Å². The Balaban J connectivity index is 1.67. The molecule has 1 heteroatoms. The molecule has 0 spiro atoms. The summed E-state index contributed by atoms with van der Waals surface area (Å²) in [6.07, 6.45) is 9.18. The summed E-state index contributed by atoms with van der Waals surface area (Å²) in [5, 5.41) is 11.0. The van der Waals surface area contributed by atoms with Crippen molar-refractivity contribution in [1.29, 1.82) is 0 Å². The van der Waals surface area contributed by atoms with Crippen LogP contribution < -0.4 is 0 Å². The molecule has 1 unspecified atom stereocenters. The van der Waals surface area contributed by atoms with Crippen molar-refractivity contribution in [2.24, 2.45) is 11.8 Å². The van der Waals surface area contributed by atoms with Gasteiger partial charge in [0.25, 0.3) is 0 Å². The van der Waals surface area contributed by atoms with Crippen molar-refractivity contribution in [1.82, 2.24) is 0 Å². The van der Waals surface area contributed by atoms with E-state index >= 15 is 0 Å². The van der Waals surface area contributed by atoms with Crippen molar-refractivity contribution >= 4 is 0 Å². The van der Waals surface area contributed by atoms with E-state index in [4.69, 9.17) is 0 Å². The summed E-state index contributed by atoms with van der Waals surface area (Å²) in [5.74, 6) is 2.17. The van der Waals surface area contributed by atoms with Gasteiger partial charge in [0.1, 0.15) is 0 Å². The third-order valence-corrected chi connectivity index (χ3v) is 6.02. The molecule has 0 bridgehead atoms. The Morgan fingerprint density at radius 3 is 2.57 bits per heavy atom. The zero-order valence-electron chi connectivity index (χ0n) is 13.6. The molecule has 1 N–H and O–H groups in total. The third kappa shape index (κ3) is 3.34. The van der Waals surface area contributed by atoms with Crippen molar-refractivity contribution in [2.75, 3.05) is 0 Å². The highest BCUT2D eigenvalue weighted by molar-refractivity contribution is 5.32. The van der Waals surface area contributed by atoms with E-state index in [2.05, 4.69) is 38.1 Å². The lowest BCUT2D eigenvalue weighted by Crippen LogP contribution is -2.37. The lowest BCUT2D eigenvalue weighted by atomic mass is 9.69. The van der Waals surface area contributed by atoms with Gasteiger partial charge in [-0.15, -0.1) is 0 Å². The Bertz CT molecular complexity index is 468. The molecule has 1 atom stereocenters. The van der Waals surface area contributed by atoms with Crippen LogP contribution >= 0.6 is 0 Å². The van der Waals surface area contributed by atoms with Gasteiger partial charge in [0.15, 0.2) is 0 Å². The normalized spacial score (nSPS) is 33.0. The number of hydrogen-bond acceptors (Lipinski definition) is 1. The smallest absolute Gasteiger partial charge is 0.0653 e. The maximum Gasteiger partial charge on any atom is 0.0653 e. The van der Waals surface area contributed by atoms with Crippen molar-refractivity contribution in [3.05, 3.63) is 35.4 Å². The maximum absolute atomic E-state index is 11.0. The number of fused-ring (bicyclic) bond motifs is 1. The third-order valence-electron chi connectivity index (χ3n) is 6.02. The van der Waals surface area contributed by atoms with Crippen LogP contribution in [0.25, 0.3) is 0 Å². The summed E-state index contributed by atoms with van der Waals surface area (Å²) in [5.41, 5.74) is 2.64. The zero-order valence-corrected chi connectivity index (χ0v) is 13.6. The Morgan fingerprint density at radius 2 is 1.86 bits per heavy atom. The van der Waals surface area contributed by atoms with Gasteiger partial charge in [-0.1, -0.05) is 38.1 Å². The van der Waals surface area contributed by atoms with Gasteiger partial charge in [-0.2, -0.15) is 0 Å². The van der Waals surface area contributed by atoms with Crippen molar-refractivity contribution in [2.45, 2.75) is 76.7 Å². The van der Waals surface area contributed by atoms with E-state index in [9.17, 15) is 5.11 Å². The van der Waals surface area contributed by atoms with Crippen LogP contribution in [-0.4, -0.2) is 10.7 Å². The Labute approximate surface area is 129 Å². The van der Waals surface area contributed by atoms with Gasteiger partial charge >= 0.3 is 0 Å². The van der Waals surface area contributed by atoms with E-state index in [1.54, 1.807) is 0 Å². The number of aliphatic hydroxyl groups is 1. The fraction of sp³-hybridized carbons (Fsp3) is 0.700. The number of aryl methyl sites for hydroxylation is 1. The molecule has 1 nitrogen and oxygen atoms in total. The molecular weight excluding hydrogens is 256 g/mol. The molecule has 1 aromatic rings. The summed E-state index contributed by atoms with van der Waals surface area (Å²) < 4.78 is 0. The lowest BCUT2D eigenvalue weighted by Gasteiger charge is -2.40. The first kappa shape index (κ1) is 15.1. The Kier molecular flexibility index (Phi) is 4.40. The average molecular weight is 286 g/mol. The highest BCUT2D eigenvalue weighted by atomic mass is 16.3. The predicted octanol–water partition coefficient (Wildman–Crippen LogP) is 5.07. The molecular formula is C20H30O. The van der Waals surface area contributed by atoms with Crippen molar-refractivity contribution in [3.8, 4) is 0 Å². The molecule has 0 amide bonds. The first-order valence-corrected chi connectivity index (χ1v) is 8.87. The van der Waals surface area contributed by atoms with E-state index in [1.807, 2.05) is 0 Å². The summed E-state index contributed by atoms with van der Waals surface area (Å²) in [6.45, 7) is 4.65. The molecule has 0 heterocycles. The molecule has 0 saturated heterocycles. The second-order valence-electron chi connectivity index (χ2n) is 7.80. The number of hydrogen-bond donors (Lipinski definition) is 1. The monoisotopic (exact) mass is 286 g/mol. The van der Waals surface area contributed by atoms with E-state index in [0.29, 0.717) is 5.92 Å². The van der Waals surface area contributed by atoms with Gasteiger partial charge in [0.2, 0.25) is 0 Å². The zero-order chi connectivity index (χ0) is 14.9. The van der Waals surface area contributed by atoms with E-state index in [1.165, 1.54) is 43.2 Å². The molecule has 116 valence electrons. The maximum atomic E-state index is 11.0. The second kappa shape index (κ2) is 6.12. The van der Waals surface area contributed by atoms with Gasteiger partial charge < -0.3 is 5.11 Å². The summed E-state index contributed by atoms with van der Waals surface area (Å²) in [7, 11) is 0. The topological polar surface area (TPSA) is 20.2 Å². The van der Waals surface area contributed by atoms with Gasteiger partial charge in [0.05, 0.1) is 5.60 Å². The molecule has 21 heavy (non-hydrogen) atoms. The van der Waals surface area contributed by atoms with Crippen LogP contribution in [0.1, 0.15) is 75.8 Å². The summed E-state index contributed by atoms with van der Waals surface area (Å²) in [4.78, 5) is 0. The van der Waals surface area contributed by atoms with Crippen LogP contribution in [-0.2, 0) is 6.42 Å². The van der Waals surface area contributed by atoms with Gasteiger partial charge in [0, 0.05) is 0 Å². The summed E-state index contributed by atoms with van der Waals surface area (Å²) in [6, 6.07) is 8.89. The van der Waals surface area contributed by atoms with E-state index in [0.717, 1.165) is 31.1 Å². The van der Waals surface area contributed by atoms with Crippen LogP contribution in [0, 0.1) is 11.8 Å². The van der Waals surface area contributed by atoms with Gasteiger partial charge in [-0.3, -0.25) is 0 Å². The number of benzene rings is 1. The molecule has 3 rings (SSSR count). The fourth-order valence-corrected chi connectivity index (χ4v) is 4.57. The molecule has 1 fully saturated rings. The van der Waals surface area contributed by atoms with Crippen LogP contribution in [0.2, 0.25) is 0 Å². The van der Waals surface area contributed by atoms with E-state index < -0.39 is 5.60 Å². The van der Waals surface area contributed by atoms with Crippen LogP contribution in [0.15, 0.2) is 24.3 Å².